The fourth-order valence-corrected chi connectivity index (χ4v) is 2.79. The maximum absolute atomic E-state index is 3.58. The minimum Gasteiger partial charge on any atom is -0.312 e. The Bertz CT molecular complexity index is 190. The van der Waals surface area contributed by atoms with Crippen LogP contribution in [0, 0.1) is 0 Å². The van der Waals surface area contributed by atoms with Crippen molar-refractivity contribution in [3.05, 3.63) is 0 Å². The van der Waals surface area contributed by atoms with Crippen LogP contribution in [0.15, 0.2) is 0 Å². The normalized spacial score (nSPS) is 18.9. The lowest BCUT2D eigenvalue weighted by Crippen LogP contribution is -2.40. The Hall–Kier alpha value is -0.0800. The number of nitrogens with zero attached hydrogens (tertiary/aromatic N) is 1. The van der Waals surface area contributed by atoms with E-state index < -0.39 is 0 Å². The second kappa shape index (κ2) is 7.38. The Balaban J connectivity index is 2.18. The van der Waals surface area contributed by atoms with Crippen molar-refractivity contribution in [3.8, 4) is 0 Å². The molecule has 17 heavy (non-hydrogen) atoms. The van der Waals surface area contributed by atoms with Crippen LogP contribution in [0.2, 0.25) is 0 Å². The molecule has 0 spiro atoms. The van der Waals surface area contributed by atoms with E-state index in [0.29, 0.717) is 0 Å². The molecule has 1 N–H and O–H groups in total. The van der Waals surface area contributed by atoms with Crippen molar-refractivity contribution >= 4 is 0 Å². The van der Waals surface area contributed by atoms with Gasteiger partial charge in [0.05, 0.1) is 0 Å². The summed E-state index contributed by atoms with van der Waals surface area (Å²) in [6.07, 6.45) is 8.49. The first-order valence-electron chi connectivity index (χ1n) is 7.52. The summed E-state index contributed by atoms with van der Waals surface area (Å²) in [7, 11) is 0. The third-order valence-corrected chi connectivity index (χ3v) is 3.77. The summed E-state index contributed by atoms with van der Waals surface area (Å²) in [5, 5.41) is 3.58. The maximum atomic E-state index is 3.58. The molecule has 0 atom stereocenters. The average Bonchev–Trinajstić information content (AvgIpc) is 2.29. The van der Waals surface area contributed by atoms with Crippen LogP contribution in [0.1, 0.15) is 66.2 Å². The predicted octanol–water partition coefficient (Wildman–Crippen LogP) is 3.42. The van der Waals surface area contributed by atoms with Gasteiger partial charge < -0.3 is 10.2 Å². The van der Waals surface area contributed by atoms with E-state index in [1.807, 2.05) is 0 Å². The Morgan fingerprint density at radius 1 is 1.12 bits per heavy atom. The first kappa shape index (κ1) is 15.0. The largest absolute Gasteiger partial charge is 0.312 e. The highest BCUT2D eigenvalue weighted by Crippen LogP contribution is 2.22. The van der Waals surface area contributed by atoms with Gasteiger partial charge in [0, 0.05) is 11.6 Å². The van der Waals surface area contributed by atoms with Crippen LogP contribution in [0.3, 0.4) is 0 Å². The van der Waals surface area contributed by atoms with Crippen LogP contribution in [0.4, 0.5) is 0 Å². The number of hydrogen-bond donors (Lipinski definition) is 1. The molecule has 0 aliphatic heterocycles. The average molecular weight is 240 g/mol. The van der Waals surface area contributed by atoms with Crippen molar-refractivity contribution in [2.75, 3.05) is 19.6 Å². The number of rotatable bonds is 6. The van der Waals surface area contributed by atoms with Crippen molar-refractivity contribution in [2.45, 2.75) is 77.8 Å². The summed E-state index contributed by atoms with van der Waals surface area (Å²) in [5.74, 6) is 0. The molecule has 0 aromatic carbocycles. The summed E-state index contributed by atoms with van der Waals surface area (Å²) in [6.45, 7) is 12.7. The zero-order chi connectivity index (χ0) is 12.7. The highest BCUT2D eigenvalue weighted by Gasteiger charge is 2.19. The lowest BCUT2D eigenvalue weighted by atomic mass is 9.94. The highest BCUT2D eigenvalue weighted by molar-refractivity contribution is 4.76. The molecule has 0 radical (unpaired) electrons. The molecule has 0 saturated heterocycles. The molecule has 0 heterocycles. The minimum absolute atomic E-state index is 0.266. The van der Waals surface area contributed by atoms with Crippen molar-refractivity contribution in [2.24, 2.45) is 0 Å². The molecule has 2 heteroatoms. The van der Waals surface area contributed by atoms with Gasteiger partial charge in [0.2, 0.25) is 0 Å². The Kier molecular flexibility index (Phi) is 6.50. The zero-order valence-corrected chi connectivity index (χ0v) is 12.4. The number of nitrogens with one attached hydrogen (secondary N) is 1. The minimum atomic E-state index is 0.266. The summed E-state index contributed by atoms with van der Waals surface area (Å²) >= 11 is 0. The molecule has 1 rings (SSSR count). The van der Waals surface area contributed by atoms with Crippen molar-refractivity contribution in [1.29, 1.82) is 0 Å². The van der Waals surface area contributed by atoms with Crippen molar-refractivity contribution in [3.63, 3.8) is 0 Å². The molecule has 1 fully saturated rings. The van der Waals surface area contributed by atoms with Gasteiger partial charge in [0.25, 0.3) is 0 Å². The lowest BCUT2D eigenvalue weighted by molar-refractivity contribution is 0.160. The van der Waals surface area contributed by atoms with Crippen LogP contribution in [-0.4, -0.2) is 36.1 Å². The third-order valence-electron chi connectivity index (χ3n) is 3.77. The van der Waals surface area contributed by atoms with Crippen LogP contribution >= 0.6 is 0 Å². The predicted molar refractivity (Wildman–Crippen MR) is 76.5 cm³/mol. The SMILES string of the molecule is CCN(CCCNC(C)(C)C)C1CCCCC1. The van der Waals surface area contributed by atoms with Gasteiger partial charge in [0.15, 0.2) is 0 Å². The first-order valence-corrected chi connectivity index (χ1v) is 7.52. The molecular weight excluding hydrogens is 208 g/mol. The Labute approximate surface area is 108 Å². The molecule has 2 nitrogen and oxygen atoms in total. The molecular formula is C15H32N2. The van der Waals surface area contributed by atoms with Crippen LogP contribution in [0.25, 0.3) is 0 Å². The summed E-state index contributed by atoms with van der Waals surface area (Å²) < 4.78 is 0. The standard InChI is InChI=1S/C15H32N2/c1-5-17(14-10-7-6-8-11-14)13-9-12-16-15(2,3)4/h14,16H,5-13H2,1-4H3. The fourth-order valence-electron chi connectivity index (χ4n) is 2.79. The van der Waals surface area contributed by atoms with Gasteiger partial charge in [-0.3, -0.25) is 0 Å². The van der Waals surface area contributed by atoms with Crippen LogP contribution in [-0.2, 0) is 0 Å². The number of hydrogen-bond acceptors (Lipinski definition) is 2. The van der Waals surface area contributed by atoms with Crippen molar-refractivity contribution < 1.29 is 0 Å². The summed E-state index contributed by atoms with van der Waals surface area (Å²) in [6, 6.07) is 0.878. The topological polar surface area (TPSA) is 15.3 Å². The van der Waals surface area contributed by atoms with Gasteiger partial charge in [-0.1, -0.05) is 26.2 Å². The quantitative estimate of drug-likeness (QED) is 0.716. The second-order valence-corrected chi connectivity index (χ2v) is 6.45. The first-order chi connectivity index (χ1) is 8.03. The molecule has 1 saturated carbocycles. The summed E-state index contributed by atoms with van der Waals surface area (Å²) in [4.78, 5) is 2.70. The van der Waals surface area contributed by atoms with Gasteiger partial charge in [-0.25, -0.2) is 0 Å². The highest BCUT2D eigenvalue weighted by atomic mass is 15.1. The molecule has 1 aliphatic rings. The molecule has 0 aromatic rings. The Morgan fingerprint density at radius 2 is 1.76 bits per heavy atom. The van der Waals surface area contributed by atoms with Gasteiger partial charge in [0.1, 0.15) is 0 Å². The van der Waals surface area contributed by atoms with E-state index in [1.165, 1.54) is 51.6 Å². The monoisotopic (exact) mass is 240 g/mol. The van der Waals surface area contributed by atoms with E-state index in [9.17, 15) is 0 Å². The fraction of sp³-hybridized carbons (Fsp3) is 1.00. The van der Waals surface area contributed by atoms with E-state index in [1.54, 1.807) is 0 Å². The smallest absolute Gasteiger partial charge is 0.00965 e. The summed E-state index contributed by atoms with van der Waals surface area (Å²) in [5.41, 5.74) is 0.266. The van der Waals surface area contributed by atoms with Gasteiger partial charge in [-0.05, 0) is 59.7 Å². The van der Waals surface area contributed by atoms with E-state index >= 15 is 0 Å². The molecule has 102 valence electrons. The van der Waals surface area contributed by atoms with Crippen LogP contribution < -0.4 is 5.32 Å². The van der Waals surface area contributed by atoms with E-state index in [2.05, 4.69) is 37.9 Å². The third kappa shape index (κ3) is 6.42. The molecule has 0 bridgehead atoms. The van der Waals surface area contributed by atoms with Gasteiger partial charge in [-0.15, -0.1) is 0 Å². The van der Waals surface area contributed by atoms with Gasteiger partial charge >= 0.3 is 0 Å². The van der Waals surface area contributed by atoms with Crippen molar-refractivity contribution in [1.82, 2.24) is 10.2 Å². The molecule has 1 aliphatic carbocycles. The Morgan fingerprint density at radius 3 is 2.29 bits per heavy atom. The van der Waals surface area contributed by atoms with Crippen LogP contribution in [0.5, 0.6) is 0 Å². The molecule has 0 aromatic heterocycles. The molecule has 0 unspecified atom stereocenters. The van der Waals surface area contributed by atoms with E-state index in [-0.39, 0.29) is 5.54 Å². The molecule has 0 amide bonds. The lowest BCUT2D eigenvalue weighted by Gasteiger charge is -2.33. The second-order valence-electron chi connectivity index (χ2n) is 6.45. The van der Waals surface area contributed by atoms with E-state index in [4.69, 9.17) is 0 Å². The maximum Gasteiger partial charge on any atom is 0.00965 e. The van der Waals surface area contributed by atoms with Gasteiger partial charge in [-0.2, -0.15) is 0 Å². The van der Waals surface area contributed by atoms with E-state index in [0.717, 1.165) is 12.6 Å². The zero-order valence-electron chi connectivity index (χ0n) is 12.4.